The molecule has 0 aliphatic rings. The van der Waals surface area contributed by atoms with Crippen molar-refractivity contribution < 1.29 is 10.2 Å². The molecule has 2 rings (SSSR count). The van der Waals surface area contributed by atoms with Crippen LogP contribution >= 0.6 is 0 Å². The van der Waals surface area contributed by atoms with E-state index in [1.165, 1.54) is 62.5 Å². The summed E-state index contributed by atoms with van der Waals surface area (Å²) in [6.07, 6.45) is 13.3. The van der Waals surface area contributed by atoms with Gasteiger partial charge in [0.25, 0.3) is 0 Å². The minimum absolute atomic E-state index is 0.312. The fourth-order valence-corrected chi connectivity index (χ4v) is 4.22. The van der Waals surface area contributed by atoms with Crippen LogP contribution in [0.3, 0.4) is 0 Å². The van der Waals surface area contributed by atoms with Crippen LogP contribution in [0.25, 0.3) is 0 Å². The Morgan fingerprint density at radius 3 is 1.52 bits per heavy atom. The summed E-state index contributed by atoms with van der Waals surface area (Å²) in [4.78, 5) is 0. The smallest absolute Gasteiger partial charge is 0.118 e. The van der Waals surface area contributed by atoms with Crippen molar-refractivity contribution in [3.05, 3.63) is 58.7 Å². The molecule has 2 heteroatoms. The van der Waals surface area contributed by atoms with Crippen LogP contribution in [-0.4, -0.2) is 10.2 Å². The van der Waals surface area contributed by atoms with Crippen molar-refractivity contribution in [2.24, 2.45) is 0 Å². The van der Waals surface area contributed by atoms with Gasteiger partial charge in [0.2, 0.25) is 0 Å². The summed E-state index contributed by atoms with van der Waals surface area (Å²) in [5.41, 5.74) is 4.57. The molecule has 0 fully saturated rings. The summed E-state index contributed by atoms with van der Waals surface area (Å²) in [6.45, 7) is 6.44. The second-order valence-corrected chi connectivity index (χ2v) is 8.30. The van der Waals surface area contributed by atoms with Crippen molar-refractivity contribution >= 4 is 0 Å². The van der Waals surface area contributed by atoms with Gasteiger partial charge in [0, 0.05) is 5.92 Å². The molecule has 0 aliphatic carbocycles. The third-order valence-corrected chi connectivity index (χ3v) is 6.12. The average Bonchev–Trinajstić information content (AvgIpc) is 2.74. The van der Waals surface area contributed by atoms with Gasteiger partial charge in [-0.25, -0.2) is 0 Å². The number of hydrogen-bond donors (Lipinski definition) is 2. The van der Waals surface area contributed by atoms with E-state index in [1.807, 2.05) is 12.1 Å². The minimum Gasteiger partial charge on any atom is -0.508 e. The Balaban J connectivity index is 2.10. The SMILES string of the molecule is CCCCCCCCCCC(c1ccc(O)c(CC)c1)c1ccc(O)c(CC)c1. The molecule has 0 bridgehead atoms. The van der Waals surface area contributed by atoms with Crippen molar-refractivity contribution in [2.75, 3.05) is 0 Å². The first-order chi connectivity index (χ1) is 14.1. The van der Waals surface area contributed by atoms with Crippen molar-refractivity contribution in [3.63, 3.8) is 0 Å². The van der Waals surface area contributed by atoms with Gasteiger partial charge in [-0.3, -0.25) is 0 Å². The zero-order chi connectivity index (χ0) is 21.1. The zero-order valence-electron chi connectivity index (χ0n) is 18.7. The number of aromatic hydroxyl groups is 2. The molecule has 160 valence electrons. The number of phenols is 2. The van der Waals surface area contributed by atoms with Crippen molar-refractivity contribution in [1.82, 2.24) is 0 Å². The molecule has 0 aliphatic heterocycles. The molecule has 0 amide bonds. The molecule has 2 N–H and O–H groups in total. The highest BCUT2D eigenvalue weighted by Crippen LogP contribution is 2.35. The van der Waals surface area contributed by atoms with Gasteiger partial charge in [0.1, 0.15) is 11.5 Å². The predicted octanol–water partition coefficient (Wildman–Crippen LogP) is 7.89. The highest BCUT2D eigenvalue weighted by atomic mass is 16.3. The Kier molecular flexibility index (Phi) is 10.1. The zero-order valence-corrected chi connectivity index (χ0v) is 18.7. The van der Waals surface area contributed by atoms with Gasteiger partial charge in [-0.1, -0.05) is 96.4 Å². The maximum Gasteiger partial charge on any atom is 0.118 e. The maximum absolute atomic E-state index is 10.1. The highest BCUT2D eigenvalue weighted by Gasteiger charge is 2.17. The lowest BCUT2D eigenvalue weighted by Crippen LogP contribution is -2.03. The van der Waals surface area contributed by atoms with Gasteiger partial charge in [-0.15, -0.1) is 0 Å². The lowest BCUT2D eigenvalue weighted by molar-refractivity contribution is 0.468. The largest absolute Gasteiger partial charge is 0.508 e. The lowest BCUT2D eigenvalue weighted by atomic mass is 9.84. The molecule has 2 aromatic rings. The number of hydrogen-bond acceptors (Lipinski definition) is 2. The molecule has 0 spiro atoms. The number of rotatable bonds is 13. The summed E-state index contributed by atoms with van der Waals surface area (Å²) >= 11 is 0. The molecular weight excluding hydrogens is 356 g/mol. The fourth-order valence-electron chi connectivity index (χ4n) is 4.22. The van der Waals surface area contributed by atoms with E-state index in [-0.39, 0.29) is 0 Å². The highest BCUT2D eigenvalue weighted by molar-refractivity contribution is 5.44. The molecular formula is C27H40O2. The van der Waals surface area contributed by atoms with Gasteiger partial charge >= 0.3 is 0 Å². The van der Waals surface area contributed by atoms with E-state index < -0.39 is 0 Å². The van der Waals surface area contributed by atoms with E-state index in [9.17, 15) is 10.2 Å². The normalized spacial score (nSPS) is 11.3. The minimum atomic E-state index is 0.312. The molecule has 2 nitrogen and oxygen atoms in total. The van der Waals surface area contributed by atoms with Crippen LogP contribution < -0.4 is 0 Å². The summed E-state index contributed by atoms with van der Waals surface area (Å²) in [6, 6.07) is 12.2. The predicted molar refractivity (Wildman–Crippen MR) is 124 cm³/mol. The first-order valence-corrected chi connectivity index (χ1v) is 11.7. The summed E-state index contributed by atoms with van der Waals surface area (Å²) < 4.78 is 0. The van der Waals surface area contributed by atoms with E-state index >= 15 is 0 Å². The summed E-state index contributed by atoms with van der Waals surface area (Å²) in [5.74, 6) is 1.09. The van der Waals surface area contributed by atoms with E-state index in [0.717, 1.165) is 30.4 Å². The number of phenolic OH excluding ortho intramolecular Hbond substituents is 2. The Labute approximate surface area is 178 Å². The van der Waals surface area contributed by atoms with Crippen molar-refractivity contribution in [2.45, 2.75) is 97.3 Å². The van der Waals surface area contributed by atoms with Gasteiger partial charge in [-0.2, -0.15) is 0 Å². The standard InChI is InChI=1S/C27H40O2/c1-4-7-8-9-10-11-12-13-14-25(23-15-17-26(28)21(5-2)19-23)24-16-18-27(29)22(6-3)20-24/h15-20,25,28-29H,4-14H2,1-3H3. The van der Waals surface area contributed by atoms with Crippen molar-refractivity contribution in [1.29, 1.82) is 0 Å². The van der Waals surface area contributed by atoms with Crippen LogP contribution in [0, 0.1) is 0 Å². The molecule has 0 heterocycles. The van der Waals surface area contributed by atoms with Crippen LogP contribution in [0.4, 0.5) is 0 Å². The Hall–Kier alpha value is -1.96. The molecule has 0 radical (unpaired) electrons. The van der Waals surface area contributed by atoms with Gasteiger partial charge in [0.05, 0.1) is 0 Å². The first-order valence-electron chi connectivity index (χ1n) is 11.7. The topological polar surface area (TPSA) is 40.5 Å². The maximum atomic E-state index is 10.1. The van der Waals surface area contributed by atoms with Gasteiger partial charge in [-0.05, 0) is 53.6 Å². The summed E-state index contributed by atoms with van der Waals surface area (Å²) in [7, 11) is 0. The van der Waals surface area contributed by atoms with Crippen LogP contribution in [-0.2, 0) is 12.8 Å². The van der Waals surface area contributed by atoms with Crippen LogP contribution in [0.5, 0.6) is 11.5 Å². The average molecular weight is 397 g/mol. The third-order valence-electron chi connectivity index (χ3n) is 6.12. The van der Waals surface area contributed by atoms with Gasteiger partial charge < -0.3 is 10.2 Å². The van der Waals surface area contributed by atoms with Gasteiger partial charge in [0.15, 0.2) is 0 Å². The summed E-state index contributed by atoms with van der Waals surface area (Å²) in [5, 5.41) is 20.2. The van der Waals surface area contributed by atoms with E-state index in [2.05, 4.69) is 45.0 Å². The van der Waals surface area contributed by atoms with Crippen LogP contribution in [0.1, 0.15) is 107 Å². The van der Waals surface area contributed by atoms with E-state index in [1.54, 1.807) is 0 Å². The Morgan fingerprint density at radius 1 is 0.621 bits per heavy atom. The number of benzene rings is 2. The monoisotopic (exact) mass is 396 g/mol. The number of aryl methyl sites for hydroxylation is 2. The molecule has 0 saturated carbocycles. The third kappa shape index (κ3) is 7.10. The second kappa shape index (κ2) is 12.6. The first kappa shape index (κ1) is 23.3. The van der Waals surface area contributed by atoms with Crippen molar-refractivity contribution in [3.8, 4) is 11.5 Å². The Morgan fingerprint density at radius 2 is 1.07 bits per heavy atom. The molecule has 0 atom stereocenters. The van der Waals surface area contributed by atoms with E-state index in [4.69, 9.17) is 0 Å². The van der Waals surface area contributed by atoms with Crippen LogP contribution in [0.2, 0.25) is 0 Å². The molecule has 2 aromatic carbocycles. The van der Waals surface area contributed by atoms with E-state index in [0.29, 0.717) is 17.4 Å². The Bertz CT molecular complexity index is 682. The molecule has 0 saturated heterocycles. The fraction of sp³-hybridized carbons (Fsp3) is 0.556. The number of unbranched alkanes of at least 4 members (excludes halogenated alkanes) is 7. The molecule has 29 heavy (non-hydrogen) atoms. The quantitative estimate of drug-likeness (QED) is 0.338. The molecule has 0 unspecified atom stereocenters. The second-order valence-electron chi connectivity index (χ2n) is 8.30. The lowest BCUT2D eigenvalue weighted by Gasteiger charge is -2.20. The van der Waals surface area contributed by atoms with Crippen LogP contribution in [0.15, 0.2) is 36.4 Å². The molecule has 0 aromatic heterocycles.